The van der Waals surface area contributed by atoms with Crippen LogP contribution in [0.5, 0.6) is 0 Å². The molecule has 5 heteroatoms. The molecule has 0 aromatic carbocycles. The molecule has 0 spiro atoms. The predicted octanol–water partition coefficient (Wildman–Crippen LogP) is 7.20. The standard InChI is InChI=1S/C13H27.C7H14O3P.Sn/c1-4-7-10-13(11-8-5-2)12-9-6-3;1-4-7-11(8,9-5-2)10-6-3;/h4-12H2,1-3H3;1,4H,5-7H2,2-3H3;. The third-order valence-electron chi connectivity index (χ3n) is 4.51. The van der Waals surface area contributed by atoms with Crippen LogP contribution in [0.25, 0.3) is 0 Å². The first kappa shape index (κ1) is 25.7. The Labute approximate surface area is 167 Å². The van der Waals surface area contributed by atoms with Gasteiger partial charge in [0.15, 0.2) is 0 Å². The molecular formula is C20H41O3PSn. The molecule has 0 amide bonds. The number of allylic oxidation sites excluding steroid dienone is 1. The van der Waals surface area contributed by atoms with Gasteiger partial charge in [0, 0.05) is 0 Å². The van der Waals surface area contributed by atoms with E-state index in [1.807, 2.05) is 13.8 Å². The number of hydrogen-bond acceptors (Lipinski definition) is 3. The van der Waals surface area contributed by atoms with Gasteiger partial charge in [0.25, 0.3) is 0 Å². The zero-order valence-electron chi connectivity index (χ0n) is 17.3. The number of rotatable bonds is 17. The van der Waals surface area contributed by atoms with Crippen LogP contribution >= 0.6 is 7.60 Å². The Balaban J connectivity index is 4.91. The first-order valence-corrected chi connectivity index (χ1v) is 15.1. The summed E-state index contributed by atoms with van der Waals surface area (Å²) in [5.41, 5.74) is 0. The minimum absolute atomic E-state index is 0.431. The van der Waals surface area contributed by atoms with E-state index in [1.165, 1.54) is 57.8 Å². The van der Waals surface area contributed by atoms with Gasteiger partial charge in [-0.2, -0.15) is 0 Å². The van der Waals surface area contributed by atoms with Crippen LogP contribution in [0.1, 0.15) is 92.4 Å². The van der Waals surface area contributed by atoms with E-state index < -0.39 is 28.7 Å². The molecule has 0 aliphatic rings. The van der Waals surface area contributed by atoms with Crippen molar-refractivity contribution in [3.05, 3.63) is 10.2 Å². The molecule has 0 aromatic heterocycles. The van der Waals surface area contributed by atoms with Crippen LogP contribution in [0.2, 0.25) is 3.43 Å². The fraction of sp³-hybridized carbons (Fsp3) is 0.900. The van der Waals surface area contributed by atoms with E-state index in [4.69, 9.17) is 9.05 Å². The summed E-state index contributed by atoms with van der Waals surface area (Å²) < 4.78 is 26.4. The van der Waals surface area contributed by atoms with E-state index in [0.29, 0.717) is 22.8 Å². The molecule has 0 bridgehead atoms. The zero-order chi connectivity index (χ0) is 19.0. The van der Waals surface area contributed by atoms with E-state index in [1.54, 1.807) is 0 Å². The molecule has 0 N–H and O–H groups in total. The van der Waals surface area contributed by atoms with Gasteiger partial charge in [0.2, 0.25) is 0 Å². The summed E-state index contributed by atoms with van der Waals surface area (Å²) in [6.45, 7) is 11.5. The molecule has 148 valence electrons. The molecule has 0 fully saturated rings. The maximum absolute atomic E-state index is 12.6. The van der Waals surface area contributed by atoms with Crippen LogP contribution < -0.4 is 0 Å². The predicted molar refractivity (Wildman–Crippen MR) is 112 cm³/mol. The SMILES string of the molecule is CCCC[C](CCCC)(CCCC)[Sn]/[CH]=C/CP(=O)(OCC)OCC. The van der Waals surface area contributed by atoms with Gasteiger partial charge in [-0.25, -0.2) is 0 Å². The summed E-state index contributed by atoms with van der Waals surface area (Å²) in [5.74, 6) is 0. The topological polar surface area (TPSA) is 35.5 Å². The van der Waals surface area contributed by atoms with Crippen molar-refractivity contribution in [2.75, 3.05) is 19.4 Å². The molecule has 0 heterocycles. The van der Waals surface area contributed by atoms with E-state index >= 15 is 0 Å². The molecule has 0 rings (SSSR count). The van der Waals surface area contributed by atoms with Gasteiger partial charge in [0.05, 0.1) is 0 Å². The molecule has 0 aliphatic heterocycles. The molecule has 0 saturated heterocycles. The average Bonchev–Trinajstić information content (AvgIpc) is 2.60. The zero-order valence-corrected chi connectivity index (χ0v) is 21.1. The number of unbranched alkanes of at least 4 members (excludes halogenated alkanes) is 3. The molecule has 0 unspecified atom stereocenters. The van der Waals surface area contributed by atoms with Gasteiger partial charge in [-0.15, -0.1) is 0 Å². The second kappa shape index (κ2) is 15.7. The van der Waals surface area contributed by atoms with Gasteiger partial charge in [-0.05, 0) is 0 Å². The van der Waals surface area contributed by atoms with Gasteiger partial charge < -0.3 is 0 Å². The fourth-order valence-electron chi connectivity index (χ4n) is 3.09. The summed E-state index contributed by atoms with van der Waals surface area (Å²) in [4.78, 5) is 0. The Hall–Kier alpha value is 0.689. The number of hydrogen-bond donors (Lipinski definition) is 0. The summed E-state index contributed by atoms with van der Waals surface area (Å²) in [7, 11) is -2.92. The fourth-order valence-corrected chi connectivity index (χ4v) is 9.52. The average molecular weight is 479 g/mol. The van der Waals surface area contributed by atoms with Crippen LogP contribution in [0.4, 0.5) is 0 Å². The Morgan fingerprint density at radius 2 is 1.28 bits per heavy atom. The van der Waals surface area contributed by atoms with Crippen molar-refractivity contribution >= 4 is 28.7 Å². The van der Waals surface area contributed by atoms with Gasteiger partial charge >= 0.3 is 168 Å². The Morgan fingerprint density at radius 1 is 0.840 bits per heavy atom. The van der Waals surface area contributed by atoms with Crippen molar-refractivity contribution in [3.8, 4) is 0 Å². The summed E-state index contributed by atoms with van der Waals surface area (Å²) in [6, 6.07) is 0. The normalized spacial score (nSPS) is 13.0. The third kappa shape index (κ3) is 11.9. The van der Waals surface area contributed by atoms with Crippen molar-refractivity contribution in [2.45, 2.75) is 95.8 Å². The van der Waals surface area contributed by atoms with Crippen LogP contribution in [0.15, 0.2) is 10.2 Å². The van der Waals surface area contributed by atoms with Gasteiger partial charge in [0.1, 0.15) is 0 Å². The van der Waals surface area contributed by atoms with Crippen molar-refractivity contribution in [2.24, 2.45) is 0 Å². The molecular weight excluding hydrogens is 438 g/mol. The molecule has 0 aliphatic carbocycles. The quantitative estimate of drug-likeness (QED) is 0.164. The van der Waals surface area contributed by atoms with E-state index in [0.717, 1.165) is 0 Å². The maximum atomic E-state index is 12.6. The minimum atomic E-state index is -2.92. The van der Waals surface area contributed by atoms with Crippen LogP contribution in [-0.2, 0) is 13.6 Å². The Kier molecular flexibility index (Phi) is 16.2. The second-order valence-electron chi connectivity index (χ2n) is 6.77. The summed E-state index contributed by atoms with van der Waals surface area (Å²) in [5, 5.41) is 0. The monoisotopic (exact) mass is 480 g/mol. The van der Waals surface area contributed by atoms with Crippen molar-refractivity contribution < 1.29 is 13.6 Å². The van der Waals surface area contributed by atoms with Crippen molar-refractivity contribution in [3.63, 3.8) is 0 Å². The van der Waals surface area contributed by atoms with Crippen LogP contribution in [-0.4, -0.2) is 40.5 Å². The van der Waals surface area contributed by atoms with E-state index in [9.17, 15) is 4.57 Å². The van der Waals surface area contributed by atoms with E-state index in [-0.39, 0.29) is 0 Å². The molecule has 2 radical (unpaired) electrons. The molecule has 0 saturated carbocycles. The second-order valence-corrected chi connectivity index (χ2v) is 13.7. The Bertz CT molecular complexity index is 353. The van der Waals surface area contributed by atoms with Crippen LogP contribution in [0, 0.1) is 0 Å². The first-order valence-electron chi connectivity index (χ1n) is 10.3. The van der Waals surface area contributed by atoms with Crippen LogP contribution in [0.3, 0.4) is 0 Å². The van der Waals surface area contributed by atoms with Gasteiger partial charge in [-0.3, -0.25) is 0 Å². The molecule has 0 aromatic rings. The Morgan fingerprint density at radius 3 is 1.64 bits per heavy atom. The molecule has 25 heavy (non-hydrogen) atoms. The van der Waals surface area contributed by atoms with Crippen molar-refractivity contribution in [1.29, 1.82) is 0 Å². The summed E-state index contributed by atoms with van der Waals surface area (Å²) >= 11 is -0.675. The van der Waals surface area contributed by atoms with Gasteiger partial charge in [-0.1, -0.05) is 0 Å². The first-order chi connectivity index (χ1) is 12.0. The molecule has 3 nitrogen and oxygen atoms in total. The van der Waals surface area contributed by atoms with E-state index in [2.05, 4.69) is 30.9 Å². The summed E-state index contributed by atoms with van der Waals surface area (Å²) in [6.07, 6.45) is 14.6. The molecule has 0 atom stereocenters. The van der Waals surface area contributed by atoms with Crippen molar-refractivity contribution in [1.82, 2.24) is 0 Å². The third-order valence-corrected chi connectivity index (χ3v) is 11.5.